The summed E-state index contributed by atoms with van der Waals surface area (Å²) in [6.45, 7) is 16.7. The van der Waals surface area contributed by atoms with Crippen LogP contribution in [0.1, 0.15) is 81.1 Å². The smallest absolute Gasteiger partial charge is 0.316 e. The second-order valence-electron chi connectivity index (χ2n) is 10.7. The first-order chi connectivity index (χ1) is 11.1. The highest BCUT2D eigenvalue weighted by atomic mass is 16.6. The molecule has 0 aromatic heterocycles. The van der Waals surface area contributed by atoms with Gasteiger partial charge >= 0.3 is 11.9 Å². The molecule has 2 rings (SSSR count). The van der Waals surface area contributed by atoms with Gasteiger partial charge in [-0.15, -0.1) is 0 Å². The molecule has 5 heteroatoms. The Labute approximate surface area is 152 Å². The standard InChI is InChI=1S/C20H36N2O3/c1-17(2)9-13(10-18(3,4)21-17)15(23)25-16(24)14-11-19(5,6)22-20(7,8)12-14/h13-14,21-22H,9-12H2,1-8H3. The maximum atomic E-state index is 12.7. The molecule has 25 heavy (non-hydrogen) atoms. The van der Waals surface area contributed by atoms with E-state index in [0.29, 0.717) is 25.7 Å². The fraction of sp³-hybridized carbons (Fsp3) is 0.900. The van der Waals surface area contributed by atoms with Gasteiger partial charge in [-0.2, -0.15) is 0 Å². The molecule has 2 fully saturated rings. The van der Waals surface area contributed by atoms with Gasteiger partial charge in [-0.05, 0) is 81.1 Å². The summed E-state index contributed by atoms with van der Waals surface area (Å²) in [4.78, 5) is 25.3. The predicted octanol–water partition coefficient (Wildman–Crippen LogP) is 3.17. The molecule has 0 bridgehead atoms. The van der Waals surface area contributed by atoms with E-state index < -0.39 is 0 Å². The van der Waals surface area contributed by atoms with Gasteiger partial charge in [-0.1, -0.05) is 0 Å². The Balaban J connectivity index is 2.03. The van der Waals surface area contributed by atoms with Gasteiger partial charge in [0.05, 0.1) is 11.8 Å². The molecular formula is C20H36N2O3. The number of carbonyl (C=O) groups is 2. The molecule has 2 aliphatic rings. The lowest BCUT2D eigenvalue weighted by Gasteiger charge is -2.46. The van der Waals surface area contributed by atoms with Crippen molar-refractivity contribution in [2.45, 2.75) is 103 Å². The SMILES string of the molecule is CC1(C)CC(C(=O)OC(=O)C2CC(C)(C)NC(C)(C)C2)CC(C)(C)N1. The van der Waals surface area contributed by atoms with Crippen molar-refractivity contribution < 1.29 is 14.3 Å². The number of rotatable bonds is 2. The van der Waals surface area contributed by atoms with Crippen LogP contribution in [0.3, 0.4) is 0 Å². The van der Waals surface area contributed by atoms with Gasteiger partial charge in [0.15, 0.2) is 0 Å². The lowest BCUT2D eigenvalue weighted by Crippen LogP contribution is -2.60. The van der Waals surface area contributed by atoms with Crippen molar-refractivity contribution in [3.63, 3.8) is 0 Å². The number of hydrogen-bond acceptors (Lipinski definition) is 5. The monoisotopic (exact) mass is 352 g/mol. The highest BCUT2D eigenvalue weighted by Gasteiger charge is 2.44. The third kappa shape index (κ3) is 5.52. The number of carbonyl (C=O) groups excluding carboxylic acids is 2. The normalized spacial score (nSPS) is 28.3. The Morgan fingerprint density at radius 3 is 1.12 bits per heavy atom. The minimum absolute atomic E-state index is 0.146. The van der Waals surface area contributed by atoms with Crippen LogP contribution in [0.25, 0.3) is 0 Å². The summed E-state index contributed by atoms with van der Waals surface area (Å²) in [6, 6.07) is 0. The molecule has 0 unspecified atom stereocenters. The van der Waals surface area contributed by atoms with Crippen LogP contribution in [0, 0.1) is 11.8 Å². The molecule has 5 nitrogen and oxygen atoms in total. The van der Waals surface area contributed by atoms with Gasteiger partial charge in [-0.25, -0.2) is 0 Å². The Bertz CT molecular complexity index is 469. The molecule has 0 aromatic carbocycles. The molecule has 0 aliphatic carbocycles. The third-order valence-corrected chi connectivity index (χ3v) is 5.25. The van der Waals surface area contributed by atoms with Crippen LogP contribution in [-0.2, 0) is 14.3 Å². The lowest BCUT2D eigenvalue weighted by atomic mass is 9.75. The predicted molar refractivity (Wildman–Crippen MR) is 99.1 cm³/mol. The highest BCUT2D eigenvalue weighted by molar-refractivity contribution is 5.88. The summed E-state index contributed by atoms with van der Waals surface area (Å²) >= 11 is 0. The van der Waals surface area contributed by atoms with Gasteiger partial charge < -0.3 is 15.4 Å². The summed E-state index contributed by atoms with van der Waals surface area (Å²) in [5.41, 5.74) is -0.582. The third-order valence-electron chi connectivity index (χ3n) is 5.25. The van der Waals surface area contributed by atoms with E-state index in [9.17, 15) is 9.59 Å². The van der Waals surface area contributed by atoms with Crippen LogP contribution in [0.15, 0.2) is 0 Å². The maximum absolute atomic E-state index is 12.7. The minimum Gasteiger partial charge on any atom is -0.393 e. The van der Waals surface area contributed by atoms with Crippen molar-refractivity contribution in [3.05, 3.63) is 0 Å². The van der Waals surface area contributed by atoms with Crippen molar-refractivity contribution >= 4 is 11.9 Å². The summed E-state index contributed by atoms with van der Waals surface area (Å²) in [6.07, 6.45) is 2.75. The summed E-state index contributed by atoms with van der Waals surface area (Å²) in [7, 11) is 0. The molecule has 0 radical (unpaired) electrons. The molecule has 0 atom stereocenters. The second kappa shape index (κ2) is 6.34. The largest absolute Gasteiger partial charge is 0.393 e. The quantitative estimate of drug-likeness (QED) is 0.590. The van der Waals surface area contributed by atoms with E-state index in [-0.39, 0.29) is 45.9 Å². The number of piperidine rings is 2. The molecule has 0 spiro atoms. The van der Waals surface area contributed by atoms with Crippen LogP contribution >= 0.6 is 0 Å². The molecule has 0 amide bonds. The second-order valence-corrected chi connectivity index (χ2v) is 10.7. The van der Waals surface area contributed by atoms with E-state index in [1.165, 1.54) is 0 Å². The van der Waals surface area contributed by atoms with E-state index in [1.807, 2.05) is 0 Å². The van der Waals surface area contributed by atoms with E-state index in [2.05, 4.69) is 66.0 Å². The highest BCUT2D eigenvalue weighted by Crippen LogP contribution is 2.36. The zero-order valence-corrected chi connectivity index (χ0v) is 17.2. The van der Waals surface area contributed by atoms with E-state index in [0.717, 1.165) is 0 Å². The molecule has 2 N–H and O–H groups in total. The lowest BCUT2D eigenvalue weighted by molar-refractivity contribution is -0.169. The summed E-state index contributed by atoms with van der Waals surface area (Å²) in [5.74, 6) is -1.19. The number of hydrogen-bond donors (Lipinski definition) is 2. The fourth-order valence-corrected chi connectivity index (χ4v) is 5.24. The van der Waals surface area contributed by atoms with Crippen LogP contribution in [0.2, 0.25) is 0 Å². The first-order valence-corrected chi connectivity index (χ1v) is 9.44. The number of nitrogens with one attached hydrogen (secondary N) is 2. The van der Waals surface area contributed by atoms with Gasteiger partial charge in [0.1, 0.15) is 0 Å². The minimum atomic E-state index is -0.359. The Morgan fingerprint density at radius 2 is 0.880 bits per heavy atom. The van der Waals surface area contributed by atoms with Crippen molar-refractivity contribution in [1.29, 1.82) is 0 Å². The maximum Gasteiger partial charge on any atom is 0.316 e. The van der Waals surface area contributed by atoms with Crippen molar-refractivity contribution in [1.82, 2.24) is 10.6 Å². The van der Waals surface area contributed by atoms with Gasteiger partial charge in [0, 0.05) is 22.2 Å². The average molecular weight is 353 g/mol. The Hall–Kier alpha value is -0.940. The van der Waals surface area contributed by atoms with Crippen LogP contribution in [-0.4, -0.2) is 34.1 Å². The Kier molecular flexibility index (Phi) is 5.17. The molecule has 2 heterocycles. The van der Waals surface area contributed by atoms with Crippen LogP contribution in [0.5, 0.6) is 0 Å². The molecular weight excluding hydrogens is 316 g/mol. The molecule has 144 valence electrons. The summed E-state index contributed by atoms with van der Waals surface area (Å²) < 4.78 is 5.37. The van der Waals surface area contributed by atoms with Gasteiger partial charge in [-0.3, -0.25) is 9.59 Å². The number of ether oxygens (including phenoxy) is 1. The van der Waals surface area contributed by atoms with Crippen LogP contribution in [0.4, 0.5) is 0 Å². The fourth-order valence-electron chi connectivity index (χ4n) is 5.24. The molecule has 0 aromatic rings. The molecule has 0 saturated carbocycles. The van der Waals surface area contributed by atoms with E-state index in [4.69, 9.17) is 4.74 Å². The Morgan fingerprint density at radius 1 is 0.640 bits per heavy atom. The van der Waals surface area contributed by atoms with Crippen molar-refractivity contribution in [3.8, 4) is 0 Å². The van der Waals surface area contributed by atoms with Crippen molar-refractivity contribution in [2.24, 2.45) is 11.8 Å². The van der Waals surface area contributed by atoms with Crippen LogP contribution < -0.4 is 10.6 Å². The zero-order chi connectivity index (χ0) is 19.3. The van der Waals surface area contributed by atoms with Gasteiger partial charge in [0.2, 0.25) is 0 Å². The van der Waals surface area contributed by atoms with E-state index in [1.54, 1.807) is 0 Å². The molecule has 2 saturated heterocycles. The van der Waals surface area contributed by atoms with Gasteiger partial charge in [0.25, 0.3) is 0 Å². The summed E-state index contributed by atoms with van der Waals surface area (Å²) in [5, 5.41) is 7.11. The number of esters is 2. The van der Waals surface area contributed by atoms with Crippen molar-refractivity contribution in [2.75, 3.05) is 0 Å². The molecule has 2 aliphatic heterocycles. The average Bonchev–Trinajstić information content (AvgIpc) is 2.30. The first-order valence-electron chi connectivity index (χ1n) is 9.44. The first kappa shape index (κ1) is 20.4. The van der Waals surface area contributed by atoms with E-state index >= 15 is 0 Å². The zero-order valence-electron chi connectivity index (χ0n) is 17.2. The topological polar surface area (TPSA) is 67.4 Å².